The summed E-state index contributed by atoms with van der Waals surface area (Å²) in [4.78, 5) is 22.6. The summed E-state index contributed by atoms with van der Waals surface area (Å²) < 4.78 is 5.21. The Labute approximate surface area is 88.5 Å². The Bertz CT molecular complexity index is 324. The van der Waals surface area contributed by atoms with Gasteiger partial charge in [0.25, 0.3) is 5.91 Å². The summed E-state index contributed by atoms with van der Waals surface area (Å²) in [7, 11) is 1.53. The summed E-state index contributed by atoms with van der Waals surface area (Å²) in [5.41, 5.74) is 0. The van der Waals surface area contributed by atoms with Gasteiger partial charge in [-0.2, -0.15) is 0 Å². The van der Waals surface area contributed by atoms with Crippen LogP contribution in [-0.2, 0) is 9.59 Å². The summed E-state index contributed by atoms with van der Waals surface area (Å²) in [6.07, 6.45) is 1.65. The molecule has 1 amide bonds. The lowest BCUT2D eigenvalue weighted by molar-refractivity contribution is -0.131. The largest absolute Gasteiger partial charge is 0.484 e. The number of hydrogen-bond donors (Lipinski definition) is 0. The van der Waals surface area contributed by atoms with Crippen LogP contribution in [0.1, 0.15) is 0 Å². The van der Waals surface area contributed by atoms with Crippen molar-refractivity contribution < 1.29 is 14.3 Å². The number of carbonyl (C=O) groups is 1. The molecule has 1 aromatic carbocycles. The van der Waals surface area contributed by atoms with Crippen LogP contribution in [0.4, 0.5) is 0 Å². The molecule has 4 nitrogen and oxygen atoms in total. The van der Waals surface area contributed by atoms with Crippen molar-refractivity contribution in [2.75, 3.05) is 20.2 Å². The molecule has 0 bridgehead atoms. The third-order valence-electron chi connectivity index (χ3n) is 1.83. The molecule has 0 saturated heterocycles. The molecule has 0 saturated carbocycles. The molecule has 0 aliphatic carbocycles. The second kappa shape index (κ2) is 5.80. The van der Waals surface area contributed by atoms with E-state index in [9.17, 15) is 9.59 Å². The van der Waals surface area contributed by atoms with Crippen molar-refractivity contribution in [1.82, 2.24) is 4.90 Å². The minimum Gasteiger partial charge on any atom is -0.484 e. The van der Waals surface area contributed by atoms with E-state index in [1.165, 1.54) is 11.9 Å². The summed E-state index contributed by atoms with van der Waals surface area (Å²) in [6, 6.07) is 9.03. The zero-order valence-electron chi connectivity index (χ0n) is 8.47. The van der Waals surface area contributed by atoms with Crippen LogP contribution < -0.4 is 4.74 Å². The summed E-state index contributed by atoms with van der Waals surface area (Å²) >= 11 is 0. The van der Waals surface area contributed by atoms with Crippen LogP contribution in [0.15, 0.2) is 30.3 Å². The Balaban J connectivity index is 2.37. The molecule has 0 aliphatic heterocycles. The van der Waals surface area contributed by atoms with E-state index in [1.807, 2.05) is 18.2 Å². The summed E-state index contributed by atoms with van der Waals surface area (Å²) in [5.74, 6) is 0.386. The highest BCUT2D eigenvalue weighted by molar-refractivity contribution is 5.79. The van der Waals surface area contributed by atoms with Crippen LogP contribution in [0.2, 0.25) is 0 Å². The average Bonchev–Trinajstić information content (AvgIpc) is 2.27. The predicted octanol–water partition coefficient (Wildman–Crippen LogP) is 0.633. The van der Waals surface area contributed by atoms with Crippen molar-refractivity contribution in [2.45, 2.75) is 0 Å². The Morgan fingerprint density at radius 1 is 1.40 bits per heavy atom. The first-order chi connectivity index (χ1) is 7.24. The first-order valence-corrected chi connectivity index (χ1v) is 4.51. The van der Waals surface area contributed by atoms with Crippen molar-refractivity contribution in [1.29, 1.82) is 0 Å². The maximum atomic E-state index is 11.3. The smallest absolute Gasteiger partial charge is 0.260 e. The van der Waals surface area contributed by atoms with Crippen LogP contribution in [-0.4, -0.2) is 37.3 Å². The average molecular weight is 206 g/mol. The van der Waals surface area contributed by atoms with Gasteiger partial charge in [0.05, 0.1) is 6.54 Å². The molecular weight excluding hydrogens is 194 g/mol. The lowest BCUT2D eigenvalue weighted by Gasteiger charge is -2.13. The van der Waals surface area contributed by atoms with Crippen LogP contribution in [0, 0.1) is 0 Å². The molecule has 1 rings (SSSR count). The molecule has 0 fully saturated rings. The molecule has 15 heavy (non-hydrogen) atoms. The number of ether oxygens (including phenoxy) is 1. The zero-order chi connectivity index (χ0) is 11.1. The van der Waals surface area contributed by atoms with Crippen LogP contribution in [0.25, 0.3) is 0 Å². The fraction of sp³-hybridized carbons (Fsp3) is 0.273. The van der Waals surface area contributed by atoms with Gasteiger partial charge in [0.1, 0.15) is 5.75 Å². The number of para-hydroxylation sites is 1. The second-order valence-electron chi connectivity index (χ2n) is 3.00. The number of likely N-dealkylation sites (N-methyl/N-ethyl adjacent to an activating group) is 1. The van der Waals surface area contributed by atoms with Gasteiger partial charge >= 0.3 is 0 Å². The van der Waals surface area contributed by atoms with E-state index in [1.54, 1.807) is 18.4 Å². The molecule has 1 radical (unpaired) electrons. The highest BCUT2D eigenvalue weighted by Crippen LogP contribution is 2.07. The number of rotatable bonds is 5. The molecule has 0 atom stereocenters. The predicted molar refractivity (Wildman–Crippen MR) is 55.3 cm³/mol. The lowest BCUT2D eigenvalue weighted by atomic mass is 10.3. The SMILES string of the molecule is CN(C[C]=O)C(=O)COc1ccccc1. The van der Waals surface area contributed by atoms with Gasteiger partial charge < -0.3 is 9.64 Å². The van der Waals surface area contributed by atoms with Crippen molar-refractivity contribution in [3.8, 4) is 5.75 Å². The van der Waals surface area contributed by atoms with E-state index in [4.69, 9.17) is 4.74 Å². The van der Waals surface area contributed by atoms with Crippen molar-refractivity contribution in [3.63, 3.8) is 0 Å². The second-order valence-corrected chi connectivity index (χ2v) is 3.00. The molecule has 0 heterocycles. The first-order valence-electron chi connectivity index (χ1n) is 4.51. The van der Waals surface area contributed by atoms with Gasteiger partial charge in [-0.15, -0.1) is 0 Å². The Kier molecular flexibility index (Phi) is 4.34. The van der Waals surface area contributed by atoms with Crippen LogP contribution in [0.5, 0.6) is 5.75 Å². The highest BCUT2D eigenvalue weighted by Gasteiger charge is 2.08. The normalized spacial score (nSPS) is 9.40. The third-order valence-corrected chi connectivity index (χ3v) is 1.83. The number of amides is 1. The number of nitrogens with zero attached hydrogens (tertiary/aromatic N) is 1. The fourth-order valence-electron chi connectivity index (χ4n) is 0.957. The number of benzene rings is 1. The highest BCUT2D eigenvalue weighted by atomic mass is 16.5. The van der Waals surface area contributed by atoms with Crippen molar-refractivity contribution >= 4 is 12.2 Å². The van der Waals surface area contributed by atoms with Crippen molar-refractivity contribution in [2.24, 2.45) is 0 Å². The van der Waals surface area contributed by atoms with Gasteiger partial charge in [0, 0.05) is 7.05 Å². The monoisotopic (exact) mass is 206 g/mol. The van der Waals surface area contributed by atoms with Gasteiger partial charge in [0.2, 0.25) is 6.29 Å². The maximum Gasteiger partial charge on any atom is 0.260 e. The van der Waals surface area contributed by atoms with Gasteiger partial charge in [-0.25, -0.2) is 0 Å². The van der Waals surface area contributed by atoms with E-state index < -0.39 is 0 Å². The van der Waals surface area contributed by atoms with Gasteiger partial charge in [-0.05, 0) is 12.1 Å². The minimum atomic E-state index is -0.248. The molecule has 0 aromatic heterocycles. The Morgan fingerprint density at radius 2 is 2.07 bits per heavy atom. The molecule has 0 N–H and O–H groups in total. The van der Waals surface area contributed by atoms with E-state index >= 15 is 0 Å². The molecule has 0 unspecified atom stereocenters. The minimum absolute atomic E-state index is 0.0308. The molecule has 0 spiro atoms. The van der Waals surface area contributed by atoms with E-state index in [-0.39, 0.29) is 19.1 Å². The van der Waals surface area contributed by atoms with Gasteiger partial charge in [-0.1, -0.05) is 18.2 Å². The zero-order valence-corrected chi connectivity index (χ0v) is 8.47. The quantitative estimate of drug-likeness (QED) is 0.710. The lowest BCUT2D eigenvalue weighted by Crippen LogP contribution is -2.32. The van der Waals surface area contributed by atoms with Gasteiger partial charge in [-0.3, -0.25) is 9.59 Å². The maximum absolute atomic E-state index is 11.3. The number of hydrogen-bond acceptors (Lipinski definition) is 3. The standard InChI is InChI=1S/C11H12NO3/c1-12(7-8-13)11(14)9-15-10-5-3-2-4-6-10/h2-6H,7,9H2,1H3. The van der Waals surface area contributed by atoms with Crippen LogP contribution in [0.3, 0.4) is 0 Å². The molecule has 1 aromatic rings. The van der Waals surface area contributed by atoms with E-state index in [2.05, 4.69) is 0 Å². The van der Waals surface area contributed by atoms with E-state index in [0.29, 0.717) is 5.75 Å². The Morgan fingerprint density at radius 3 is 2.67 bits per heavy atom. The van der Waals surface area contributed by atoms with Crippen molar-refractivity contribution in [3.05, 3.63) is 30.3 Å². The first kappa shape index (κ1) is 11.2. The van der Waals surface area contributed by atoms with Gasteiger partial charge in [0.15, 0.2) is 6.61 Å². The topological polar surface area (TPSA) is 46.6 Å². The fourth-order valence-corrected chi connectivity index (χ4v) is 0.957. The molecule has 79 valence electrons. The third kappa shape index (κ3) is 3.81. The van der Waals surface area contributed by atoms with E-state index in [0.717, 1.165) is 0 Å². The van der Waals surface area contributed by atoms with Crippen LogP contribution >= 0.6 is 0 Å². The molecular formula is C11H12NO3. The summed E-state index contributed by atoms with van der Waals surface area (Å²) in [6.45, 7) is -0.0980. The number of carbonyl (C=O) groups excluding carboxylic acids is 2. The molecule has 0 aliphatic rings. The summed E-state index contributed by atoms with van der Waals surface area (Å²) in [5, 5.41) is 0. The Hall–Kier alpha value is -1.84. The molecule has 4 heteroatoms.